The van der Waals surface area contributed by atoms with Gasteiger partial charge in [-0.25, -0.2) is 9.97 Å². The fraction of sp³-hybridized carbons (Fsp3) is 0.0698. The molecule has 0 fully saturated rings. The Morgan fingerprint density at radius 2 is 1.35 bits per heavy atom. The summed E-state index contributed by atoms with van der Waals surface area (Å²) in [5.41, 5.74) is 10.5. The van der Waals surface area contributed by atoms with Gasteiger partial charge >= 0.3 is 0 Å². The molecule has 2 aromatic heterocycles. The van der Waals surface area contributed by atoms with Gasteiger partial charge in [-0.2, -0.15) is 0 Å². The first-order valence-corrected chi connectivity index (χ1v) is 15.7. The SMILES string of the molecule is C=C/C=c1/c(-c2ccc(C)cc2)c2ccccc2c(-c2cccc(-c3nc4ccccc4c4nc(C=C)c(/C=C\C)n34)c2)/c1=C/C. The molecule has 0 aliphatic carbocycles. The van der Waals surface area contributed by atoms with Crippen LogP contribution in [0.2, 0.25) is 0 Å². The summed E-state index contributed by atoms with van der Waals surface area (Å²) >= 11 is 0. The number of hydrogen-bond acceptors (Lipinski definition) is 2. The van der Waals surface area contributed by atoms with Gasteiger partial charge < -0.3 is 0 Å². The zero-order chi connectivity index (χ0) is 31.8. The molecule has 0 bridgehead atoms. The van der Waals surface area contributed by atoms with Crippen molar-refractivity contribution in [2.75, 3.05) is 0 Å². The molecule has 0 saturated carbocycles. The average Bonchev–Trinajstić information content (AvgIpc) is 3.47. The van der Waals surface area contributed by atoms with Gasteiger partial charge in [-0.15, -0.1) is 0 Å². The van der Waals surface area contributed by atoms with E-state index in [-0.39, 0.29) is 0 Å². The zero-order valence-corrected chi connectivity index (χ0v) is 26.5. The van der Waals surface area contributed by atoms with Gasteiger partial charge in [-0.3, -0.25) is 4.40 Å². The third kappa shape index (κ3) is 4.69. The number of hydrogen-bond donors (Lipinski definition) is 0. The minimum atomic E-state index is 0.832. The normalized spacial score (nSPS) is 12.6. The van der Waals surface area contributed by atoms with E-state index in [1.807, 2.05) is 37.3 Å². The van der Waals surface area contributed by atoms with Crippen molar-refractivity contribution in [3.05, 3.63) is 150 Å². The van der Waals surface area contributed by atoms with Gasteiger partial charge in [0.1, 0.15) is 11.5 Å². The predicted molar refractivity (Wildman–Crippen MR) is 198 cm³/mol. The summed E-state index contributed by atoms with van der Waals surface area (Å²) < 4.78 is 2.17. The van der Waals surface area contributed by atoms with E-state index in [9.17, 15) is 0 Å². The first-order valence-electron chi connectivity index (χ1n) is 15.7. The lowest BCUT2D eigenvalue weighted by atomic mass is 9.87. The Hall–Kier alpha value is -5.80. The van der Waals surface area contributed by atoms with Gasteiger partial charge in [0, 0.05) is 10.9 Å². The van der Waals surface area contributed by atoms with E-state index in [0.29, 0.717) is 0 Å². The third-order valence-electron chi connectivity index (χ3n) is 8.66. The summed E-state index contributed by atoms with van der Waals surface area (Å²) in [5, 5.41) is 5.75. The quantitative estimate of drug-likeness (QED) is 0.192. The van der Waals surface area contributed by atoms with Gasteiger partial charge in [0.15, 0.2) is 0 Å². The second kappa shape index (κ2) is 11.9. The Kier molecular flexibility index (Phi) is 7.52. The minimum absolute atomic E-state index is 0.832. The maximum absolute atomic E-state index is 5.24. The Morgan fingerprint density at radius 1 is 0.674 bits per heavy atom. The van der Waals surface area contributed by atoms with Crippen molar-refractivity contribution in [3.63, 3.8) is 0 Å². The summed E-state index contributed by atoms with van der Waals surface area (Å²) in [6, 6.07) is 34.5. The van der Waals surface area contributed by atoms with Crippen molar-refractivity contribution in [2.45, 2.75) is 20.8 Å². The molecule has 222 valence electrons. The molecular formula is C43H35N3. The smallest absolute Gasteiger partial charge is 0.149 e. The summed E-state index contributed by atoms with van der Waals surface area (Å²) in [6.45, 7) is 14.4. The Morgan fingerprint density at radius 3 is 2.02 bits per heavy atom. The van der Waals surface area contributed by atoms with Gasteiger partial charge in [0.05, 0.1) is 16.9 Å². The highest BCUT2D eigenvalue weighted by molar-refractivity contribution is 6.06. The standard InChI is InChI=1S/C43H35N3/c1-6-15-33-32(8-3)41(35-20-11-10-19-34(35)40(33)29-25-23-28(5)24-26-29)30-17-14-18-31(27-30)42-45-38-22-13-12-21-36(38)43-44-37(9-4)39(16-7-2)46(42)43/h6-27H,1,4H2,2-3,5H3/b16-7-,32-8+,33-15+. The van der Waals surface area contributed by atoms with Gasteiger partial charge in [-0.05, 0) is 94.6 Å². The Balaban J connectivity index is 1.58. The monoisotopic (exact) mass is 593 g/mol. The van der Waals surface area contributed by atoms with Gasteiger partial charge in [0.25, 0.3) is 0 Å². The van der Waals surface area contributed by atoms with Crippen molar-refractivity contribution in [1.82, 2.24) is 14.4 Å². The molecule has 3 nitrogen and oxygen atoms in total. The van der Waals surface area contributed by atoms with Crippen LogP contribution in [0.5, 0.6) is 0 Å². The first kappa shape index (κ1) is 28.9. The number of allylic oxidation sites excluding steroid dienone is 2. The van der Waals surface area contributed by atoms with Crippen LogP contribution in [0.3, 0.4) is 0 Å². The van der Waals surface area contributed by atoms with E-state index in [0.717, 1.165) is 50.1 Å². The second-order valence-corrected chi connectivity index (χ2v) is 11.5. The molecule has 0 atom stereocenters. The molecule has 0 N–H and O–H groups in total. The molecule has 5 aromatic carbocycles. The molecule has 0 aliphatic heterocycles. The van der Waals surface area contributed by atoms with E-state index < -0.39 is 0 Å². The lowest BCUT2D eigenvalue weighted by molar-refractivity contribution is 1.11. The van der Waals surface area contributed by atoms with Crippen LogP contribution in [0.25, 0.3) is 85.3 Å². The summed E-state index contributed by atoms with van der Waals surface area (Å²) in [5.74, 6) is 0.838. The van der Waals surface area contributed by atoms with E-state index in [4.69, 9.17) is 9.97 Å². The van der Waals surface area contributed by atoms with Crippen molar-refractivity contribution >= 4 is 51.6 Å². The fourth-order valence-corrected chi connectivity index (χ4v) is 6.66. The van der Waals surface area contributed by atoms with Gasteiger partial charge in [0.2, 0.25) is 0 Å². The first-order chi connectivity index (χ1) is 22.6. The lowest BCUT2D eigenvalue weighted by Gasteiger charge is -2.17. The molecular weight excluding hydrogens is 558 g/mol. The molecule has 0 amide bonds. The molecule has 0 unspecified atom stereocenters. The third-order valence-corrected chi connectivity index (χ3v) is 8.66. The summed E-state index contributed by atoms with van der Waals surface area (Å²) in [7, 11) is 0. The molecule has 7 rings (SSSR count). The lowest BCUT2D eigenvalue weighted by Crippen LogP contribution is -2.29. The molecule has 0 spiro atoms. The van der Waals surface area contributed by atoms with E-state index in [1.165, 1.54) is 38.2 Å². The number of rotatable bonds is 6. The van der Waals surface area contributed by atoms with E-state index in [2.05, 4.69) is 135 Å². The summed E-state index contributed by atoms with van der Waals surface area (Å²) in [4.78, 5) is 10.3. The molecule has 2 heterocycles. The topological polar surface area (TPSA) is 30.2 Å². The zero-order valence-electron chi connectivity index (χ0n) is 26.5. The molecule has 0 saturated heterocycles. The molecule has 3 heteroatoms. The second-order valence-electron chi connectivity index (χ2n) is 11.5. The fourth-order valence-electron chi connectivity index (χ4n) is 6.66. The van der Waals surface area contributed by atoms with E-state index in [1.54, 1.807) is 0 Å². The molecule has 0 radical (unpaired) electrons. The number of nitrogens with zero attached hydrogens (tertiary/aromatic N) is 3. The minimum Gasteiger partial charge on any atom is -0.276 e. The summed E-state index contributed by atoms with van der Waals surface area (Å²) in [6.07, 6.45) is 12.2. The Labute approximate surface area is 269 Å². The van der Waals surface area contributed by atoms with Crippen LogP contribution >= 0.6 is 0 Å². The number of fused-ring (bicyclic) bond motifs is 4. The van der Waals surface area contributed by atoms with Crippen molar-refractivity contribution in [3.8, 4) is 33.6 Å². The van der Waals surface area contributed by atoms with Crippen LogP contribution < -0.4 is 10.4 Å². The highest BCUT2D eigenvalue weighted by Crippen LogP contribution is 2.35. The van der Waals surface area contributed by atoms with Crippen molar-refractivity contribution in [2.24, 2.45) is 0 Å². The van der Waals surface area contributed by atoms with Crippen LogP contribution in [0.1, 0.15) is 30.8 Å². The Bertz CT molecular complexity index is 2470. The highest BCUT2D eigenvalue weighted by Gasteiger charge is 2.19. The van der Waals surface area contributed by atoms with Crippen LogP contribution in [-0.2, 0) is 0 Å². The number of para-hydroxylation sites is 1. The molecule has 7 aromatic rings. The van der Waals surface area contributed by atoms with Crippen molar-refractivity contribution in [1.29, 1.82) is 0 Å². The largest absolute Gasteiger partial charge is 0.276 e. The highest BCUT2D eigenvalue weighted by atomic mass is 15.1. The van der Waals surface area contributed by atoms with Crippen molar-refractivity contribution < 1.29 is 0 Å². The number of imidazole rings is 1. The number of aromatic nitrogens is 3. The van der Waals surface area contributed by atoms with Crippen LogP contribution in [0.15, 0.2) is 122 Å². The maximum Gasteiger partial charge on any atom is 0.149 e. The maximum atomic E-state index is 5.24. The van der Waals surface area contributed by atoms with Crippen LogP contribution in [0.4, 0.5) is 0 Å². The predicted octanol–water partition coefficient (Wildman–Crippen LogP) is 9.79. The van der Waals surface area contributed by atoms with E-state index >= 15 is 0 Å². The number of aryl methyl sites for hydroxylation is 1. The number of benzene rings is 5. The van der Waals surface area contributed by atoms with Crippen LogP contribution in [0, 0.1) is 6.92 Å². The van der Waals surface area contributed by atoms with Crippen LogP contribution in [-0.4, -0.2) is 14.4 Å². The molecule has 46 heavy (non-hydrogen) atoms. The molecule has 0 aliphatic rings. The van der Waals surface area contributed by atoms with Gasteiger partial charge in [-0.1, -0.05) is 122 Å². The average molecular weight is 594 g/mol.